The summed E-state index contributed by atoms with van der Waals surface area (Å²) in [6.07, 6.45) is 2.48. The average Bonchev–Trinajstić information content (AvgIpc) is 2.37. The van der Waals surface area contributed by atoms with E-state index in [0.29, 0.717) is 11.0 Å². The number of piperidine rings is 1. The summed E-state index contributed by atoms with van der Waals surface area (Å²) in [5.74, 6) is 0. The topological polar surface area (TPSA) is 32.5 Å². The third-order valence-electron chi connectivity index (χ3n) is 3.95. The molecule has 2 rings (SSSR count). The van der Waals surface area contributed by atoms with Gasteiger partial charge in [0, 0.05) is 30.9 Å². The van der Waals surface area contributed by atoms with Crippen molar-refractivity contribution in [3.8, 4) is 0 Å². The van der Waals surface area contributed by atoms with E-state index in [-0.39, 0.29) is 0 Å². The molecule has 104 valence electrons. The molecule has 0 aromatic heterocycles. The number of aryl methyl sites for hydroxylation is 1. The van der Waals surface area contributed by atoms with Crippen molar-refractivity contribution < 1.29 is 0 Å². The maximum Gasteiger partial charge on any atom is 0.106 e. The quantitative estimate of drug-likeness (QED) is 0.858. The number of hydrogen-bond donors (Lipinski definition) is 1. The molecule has 0 amide bonds. The molecule has 4 heteroatoms. The second-order valence-corrected chi connectivity index (χ2v) is 5.99. The number of nitrogens with zero attached hydrogens (tertiary/aromatic N) is 2. The number of thiocarbonyl (C=S) groups is 1. The Morgan fingerprint density at radius 1 is 1.47 bits per heavy atom. The van der Waals surface area contributed by atoms with Gasteiger partial charge in [-0.15, -0.1) is 0 Å². The third kappa shape index (κ3) is 3.25. The number of likely N-dealkylation sites (N-methyl/N-ethyl adjacent to an activating group) is 2. The molecule has 1 heterocycles. The molecule has 2 N–H and O–H groups in total. The number of nitrogens with two attached hydrogens (primary N) is 1. The molecular weight excluding hydrogens is 254 g/mol. The zero-order valence-electron chi connectivity index (χ0n) is 12.0. The Bertz CT molecular complexity index is 472. The highest BCUT2D eigenvalue weighted by atomic mass is 32.1. The summed E-state index contributed by atoms with van der Waals surface area (Å²) in [5, 5.41) is 0. The maximum atomic E-state index is 5.85. The van der Waals surface area contributed by atoms with Crippen molar-refractivity contribution in [3.05, 3.63) is 29.3 Å². The fraction of sp³-hybridized carbons (Fsp3) is 0.533. The Morgan fingerprint density at radius 3 is 2.84 bits per heavy atom. The smallest absolute Gasteiger partial charge is 0.106 e. The molecule has 1 fully saturated rings. The monoisotopic (exact) mass is 277 g/mol. The first kappa shape index (κ1) is 14.3. The number of rotatable bonds is 3. The molecule has 1 saturated heterocycles. The first-order valence-corrected chi connectivity index (χ1v) is 7.21. The molecule has 19 heavy (non-hydrogen) atoms. The molecular formula is C15H23N3S. The van der Waals surface area contributed by atoms with Crippen LogP contribution in [0, 0.1) is 6.92 Å². The standard InChI is InChI=1S/C15H23N3S/c1-11-6-7-13(15(16)19)14(9-11)18(3)12-5-4-8-17(2)10-12/h6-7,9,12H,4-5,8,10H2,1-3H3,(H2,16,19). The Balaban J connectivity index is 2.29. The maximum absolute atomic E-state index is 5.85. The molecule has 1 unspecified atom stereocenters. The molecule has 3 nitrogen and oxygen atoms in total. The Kier molecular flexibility index (Phi) is 4.42. The van der Waals surface area contributed by atoms with Crippen molar-refractivity contribution in [2.45, 2.75) is 25.8 Å². The summed E-state index contributed by atoms with van der Waals surface area (Å²) < 4.78 is 0. The highest BCUT2D eigenvalue weighted by molar-refractivity contribution is 7.80. The van der Waals surface area contributed by atoms with Crippen LogP contribution in [0.2, 0.25) is 0 Å². The van der Waals surface area contributed by atoms with Crippen molar-refractivity contribution >= 4 is 22.9 Å². The van der Waals surface area contributed by atoms with E-state index in [0.717, 1.165) is 17.8 Å². The third-order valence-corrected chi connectivity index (χ3v) is 4.17. The summed E-state index contributed by atoms with van der Waals surface area (Å²) in [5.41, 5.74) is 9.24. The molecule has 0 saturated carbocycles. The second kappa shape index (κ2) is 5.88. The lowest BCUT2D eigenvalue weighted by atomic mass is 10.0. The van der Waals surface area contributed by atoms with E-state index in [4.69, 9.17) is 18.0 Å². The van der Waals surface area contributed by atoms with Crippen molar-refractivity contribution in [2.24, 2.45) is 5.73 Å². The van der Waals surface area contributed by atoms with Crippen molar-refractivity contribution in [1.29, 1.82) is 0 Å². The van der Waals surface area contributed by atoms with Gasteiger partial charge in [-0.05, 0) is 51.1 Å². The molecule has 0 spiro atoms. The lowest BCUT2D eigenvalue weighted by molar-refractivity contribution is 0.248. The molecule has 1 aromatic carbocycles. The molecule has 1 aromatic rings. The Labute approximate surface area is 121 Å². The zero-order chi connectivity index (χ0) is 14.0. The van der Waals surface area contributed by atoms with Gasteiger partial charge in [0.15, 0.2) is 0 Å². The lowest BCUT2D eigenvalue weighted by Crippen LogP contribution is -2.45. The molecule has 0 radical (unpaired) electrons. The van der Waals surface area contributed by atoms with E-state index >= 15 is 0 Å². The van der Waals surface area contributed by atoms with Crippen molar-refractivity contribution in [1.82, 2.24) is 4.90 Å². The van der Waals surface area contributed by atoms with Crippen LogP contribution in [0.5, 0.6) is 0 Å². The van der Waals surface area contributed by atoms with Crippen LogP contribution in [0.1, 0.15) is 24.0 Å². The summed E-state index contributed by atoms with van der Waals surface area (Å²) in [6, 6.07) is 6.83. The van der Waals surface area contributed by atoms with E-state index in [1.54, 1.807) is 0 Å². The SMILES string of the molecule is Cc1ccc(C(N)=S)c(N(C)C2CCCN(C)C2)c1. The normalized spacial score (nSPS) is 20.3. The summed E-state index contributed by atoms with van der Waals surface area (Å²) in [6.45, 7) is 4.40. The van der Waals surface area contributed by atoms with Gasteiger partial charge in [0.25, 0.3) is 0 Å². The number of hydrogen-bond acceptors (Lipinski definition) is 3. The zero-order valence-corrected chi connectivity index (χ0v) is 12.8. The van der Waals surface area contributed by atoms with Crippen LogP contribution in [-0.4, -0.2) is 43.1 Å². The van der Waals surface area contributed by atoms with E-state index in [1.807, 2.05) is 6.07 Å². The summed E-state index contributed by atoms with van der Waals surface area (Å²) in [7, 11) is 4.34. The Morgan fingerprint density at radius 2 is 2.21 bits per heavy atom. The van der Waals surface area contributed by atoms with Gasteiger partial charge in [-0.25, -0.2) is 0 Å². The van der Waals surface area contributed by atoms with E-state index in [1.165, 1.54) is 24.9 Å². The van der Waals surface area contributed by atoms with Gasteiger partial charge in [0.2, 0.25) is 0 Å². The summed E-state index contributed by atoms with van der Waals surface area (Å²) >= 11 is 5.18. The highest BCUT2D eigenvalue weighted by Crippen LogP contribution is 2.26. The molecule has 1 aliphatic heterocycles. The Hall–Kier alpha value is -1.13. The van der Waals surface area contributed by atoms with Crippen LogP contribution in [0.25, 0.3) is 0 Å². The van der Waals surface area contributed by atoms with Gasteiger partial charge < -0.3 is 15.5 Å². The number of likely N-dealkylation sites (tertiary alicyclic amines) is 1. The van der Waals surface area contributed by atoms with Crippen molar-refractivity contribution in [3.63, 3.8) is 0 Å². The number of anilines is 1. The molecule has 1 atom stereocenters. The van der Waals surface area contributed by atoms with Gasteiger partial charge in [-0.1, -0.05) is 18.3 Å². The molecule has 1 aliphatic rings. The van der Waals surface area contributed by atoms with Gasteiger partial charge in [-0.3, -0.25) is 0 Å². The minimum Gasteiger partial charge on any atom is -0.389 e. The van der Waals surface area contributed by atoms with Gasteiger partial charge in [0.1, 0.15) is 4.99 Å². The van der Waals surface area contributed by atoms with Crippen LogP contribution in [-0.2, 0) is 0 Å². The van der Waals surface area contributed by atoms with Crippen LogP contribution in [0.15, 0.2) is 18.2 Å². The second-order valence-electron chi connectivity index (χ2n) is 5.55. The molecule has 0 bridgehead atoms. The predicted molar refractivity (Wildman–Crippen MR) is 86.0 cm³/mol. The van der Waals surface area contributed by atoms with Crippen LogP contribution < -0.4 is 10.6 Å². The average molecular weight is 277 g/mol. The van der Waals surface area contributed by atoms with Gasteiger partial charge >= 0.3 is 0 Å². The largest absolute Gasteiger partial charge is 0.389 e. The fourth-order valence-corrected chi connectivity index (χ4v) is 2.97. The van der Waals surface area contributed by atoms with Crippen LogP contribution >= 0.6 is 12.2 Å². The van der Waals surface area contributed by atoms with E-state index in [9.17, 15) is 0 Å². The first-order chi connectivity index (χ1) is 8.99. The lowest BCUT2D eigenvalue weighted by Gasteiger charge is -2.38. The van der Waals surface area contributed by atoms with Gasteiger partial charge in [-0.2, -0.15) is 0 Å². The fourth-order valence-electron chi connectivity index (χ4n) is 2.79. The highest BCUT2D eigenvalue weighted by Gasteiger charge is 2.23. The van der Waals surface area contributed by atoms with E-state index in [2.05, 4.69) is 43.0 Å². The van der Waals surface area contributed by atoms with Crippen LogP contribution in [0.3, 0.4) is 0 Å². The predicted octanol–water partition coefficient (Wildman–Crippen LogP) is 2.16. The van der Waals surface area contributed by atoms with Crippen LogP contribution in [0.4, 0.5) is 5.69 Å². The molecule has 0 aliphatic carbocycles. The van der Waals surface area contributed by atoms with E-state index < -0.39 is 0 Å². The van der Waals surface area contributed by atoms with Crippen molar-refractivity contribution in [2.75, 3.05) is 32.1 Å². The first-order valence-electron chi connectivity index (χ1n) is 6.81. The number of benzene rings is 1. The minimum atomic E-state index is 0.478. The summed E-state index contributed by atoms with van der Waals surface area (Å²) in [4.78, 5) is 5.21. The minimum absolute atomic E-state index is 0.478. The van der Waals surface area contributed by atoms with Gasteiger partial charge in [0.05, 0.1) is 0 Å².